The van der Waals surface area contributed by atoms with E-state index in [0.29, 0.717) is 16.5 Å². The quantitative estimate of drug-likeness (QED) is 0.202. The summed E-state index contributed by atoms with van der Waals surface area (Å²) in [5, 5.41) is 12.4. The highest BCUT2D eigenvalue weighted by atomic mass is 32.2. The van der Waals surface area contributed by atoms with Gasteiger partial charge in [0.1, 0.15) is 5.75 Å². The molecule has 0 unspecified atom stereocenters. The van der Waals surface area contributed by atoms with Crippen LogP contribution in [0.3, 0.4) is 0 Å². The largest absolute Gasteiger partial charge is 0.496 e. The number of hydrazone groups is 1. The minimum absolute atomic E-state index is 0.00713. The molecule has 0 saturated heterocycles. The molecule has 3 aromatic rings. The van der Waals surface area contributed by atoms with Crippen LogP contribution < -0.4 is 16.0 Å². The Morgan fingerprint density at radius 1 is 1.22 bits per heavy atom. The van der Waals surface area contributed by atoms with Crippen LogP contribution in [-0.2, 0) is 0 Å². The van der Waals surface area contributed by atoms with Crippen LogP contribution >= 0.6 is 11.8 Å². The van der Waals surface area contributed by atoms with E-state index in [0.717, 1.165) is 5.56 Å². The number of nitrogen functional groups attached to an aromatic ring is 1. The summed E-state index contributed by atoms with van der Waals surface area (Å²) >= 11 is 1.21. The van der Waals surface area contributed by atoms with Crippen LogP contribution in [0.5, 0.6) is 5.75 Å². The molecule has 0 aliphatic carbocycles. The Kier molecular flexibility index (Phi) is 6.06. The number of rotatable bonds is 8. The molecule has 0 atom stereocenters. The highest BCUT2D eigenvalue weighted by Crippen LogP contribution is 2.19. The first kappa shape index (κ1) is 18.5. The second-order valence-electron chi connectivity index (χ2n) is 5.37. The number of carbonyl (C=O) groups is 1. The number of hydrogen-bond acceptors (Lipinski definition) is 8. The highest BCUT2D eigenvalue weighted by molar-refractivity contribution is 7.99. The maximum atomic E-state index is 12.2. The molecule has 2 aromatic carbocycles. The number of thioether (sulfide) groups is 1. The van der Waals surface area contributed by atoms with Crippen molar-refractivity contribution in [1.29, 1.82) is 0 Å². The van der Waals surface area contributed by atoms with E-state index in [9.17, 15) is 4.79 Å². The van der Waals surface area contributed by atoms with Gasteiger partial charge in [0.25, 0.3) is 5.95 Å². The molecule has 0 amide bonds. The summed E-state index contributed by atoms with van der Waals surface area (Å²) in [6.07, 6.45) is 1.60. The summed E-state index contributed by atoms with van der Waals surface area (Å²) < 4.78 is 6.51. The Morgan fingerprint density at radius 2 is 1.96 bits per heavy atom. The second kappa shape index (κ2) is 8.86. The monoisotopic (exact) mass is 382 g/mol. The number of para-hydroxylation sites is 1. The fraction of sp³-hybridized carbons (Fsp3) is 0.111. The molecule has 0 fully saturated rings. The number of aromatic nitrogens is 3. The summed E-state index contributed by atoms with van der Waals surface area (Å²) in [5.74, 6) is 7.13. The third-order valence-corrected chi connectivity index (χ3v) is 4.54. The van der Waals surface area contributed by atoms with Crippen LogP contribution in [0.2, 0.25) is 0 Å². The molecule has 1 aromatic heterocycles. The Labute approximate surface area is 160 Å². The summed E-state index contributed by atoms with van der Waals surface area (Å²) in [5.41, 5.74) is 4.18. The number of ether oxygens (including phenoxy) is 1. The van der Waals surface area contributed by atoms with Crippen molar-refractivity contribution in [2.75, 3.05) is 24.1 Å². The van der Waals surface area contributed by atoms with Gasteiger partial charge in [-0.2, -0.15) is 5.10 Å². The lowest BCUT2D eigenvalue weighted by Crippen LogP contribution is -2.14. The standard InChI is InChI=1S/C18H18N6O2S/c1-26-16-10-6-5-9-14(16)11-20-21-17-22-23-18(24(17)19)27-12-15(25)13-7-3-2-4-8-13/h2-11H,12,19H2,1H3,(H,21,22)/b20-11+. The first-order valence-electron chi connectivity index (χ1n) is 8.02. The van der Waals surface area contributed by atoms with Crippen molar-refractivity contribution in [1.82, 2.24) is 14.9 Å². The van der Waals surface area contributed by atoms with Gasteiger partial charge in [-0.25, -0.2) is 10.1 Å². The zero-order chi connectivity index (χ0) is 19.1. The lowest BCUT2D eigenvalue weighted by Gasteiger charge is -2.04. The first-order chi connectivity index (χ1) is 13.2. The van der Waals surface area contributed by atoms with Gasteiger partial charge in [0, 0.05) is 11.1 Å². The van der Waals surface area contributed by atoms with E-state index >= 15 is 0 Å². The average Bonchev–Trinajstić information content (AvgIpc) is 3.07. The molecule has 138 valence electrons. The normalized spacial score (nSPS) is 10.9. The molecule has 3 N–H and O–H groups in total. The van der Waals surface area contributed by atoms with Crippen molar-refractivity contribution in [2.45, 2.75) is 5.16 Å². The van der Waals surface area contributed by atoms with E-state index in [1.54, 1.807) is 25.5 Å². The lowest BCUT2D eigenvalue weighted by molar-refractivity contribution is 0.102. The van der Waals surface area contributed by atoms with E-state index < -0.39 is 0 Å². The predicted molar refractivity (Wildman–Crippen MR) is 106 cm³/mol. The number of nitrogens with zero attached hydrogens (tertiary/aromatic N) is 4. The third-order valence-electron chi connectivity index (χ3n) is 3.60. The fourth-order valence-electron chi connectivity index (χ4n) is 2.22. The van der Waals surface area contributed by atoms with E-state index in [4.69, 9.17) is 10.6 Å². The molecule has 0 aliphatic heterocycles. The van der Waals surface area contributed by atoms with Gasteiger partial charge in [0.2, 0.25) is 5.16 Å². The van der Waals surface area contributed by atoms with Gasteiger partial charge in [0.05, 0.1) is 19.1 Å². The zero-order valence-corrected chi connectivity index (χ0v) is 15.4. The van der Waals surface area contributed by atoms with E-state index in [1.807, 2.05) is 42.5 Å². The summed E-state index contributed by atoms with van der Waals surface area (Å²) in [7, 11) is 1.59. The van der Waals surface area contributed by atoms with Crippen LogP contribution in [0.25, 0.3) is 0 Å². The molecule has 8 nitrogen and oxygen atoms in total. The molecular formula is C18H18N6O2S. The predicted octanol–water partition coefficient (Wildman–Crippen LogP) is 2.42. The van der Waals surface area contributed by atoms with E-state index in [2.05, 4.69) is 20.7 Å². The number of nitrogens with two attached hydrogens (primary N) is 1. The third kappa shape index (κ3) is 4.64. The Bertz CT molecular complexity index is 942. The highest BCUT2D eigenvalue weighted by Gasteiger charge is 2.12. The van der Waals surface area contributed by atoms with Gasteiger partial charge >= 0.3 is 0 Å². The number of Topliss-reactive ketones (excluding diaryl/α,β-unsaturated/α-hetero) is 1. The molecule has 1 heterocycles. The molecule has 3 rings (SSSR count). The van der Waals surface area contributed by atoms with Crippen LogP contribution in [0.15, 0.2) is 64.9 Å². The molecular weight excluding hydrogens is 364 g/mol. The molecule has 0 saturated carbocycles. The number of methoxy groups -OCH3 is 1. The number of nitrogens with one attached hydrogen (secondary N) is 1. The Hall–Kier alpha value is -3.33. The van der Waals surface area contributed by atoms with Crippen molar-refractivity contribution >= 4 is 29.7 Å². The number of ketones is 1. The summed E-state index contributed by atoms with van der Waals surface area (Å²) in [6, 6.07) is 16.5. The minimum atomic E-state index is -0.00713. The fourth-order valence-corrected chi connectivity index (χ4v) is 2.97. The average molecular weight is 382 g/mol. The van der Waals surface area contributed by atoms with Crippen LogP contribution in [0.4, 0.5) is 5.95 Å². The van der Waals surface area contributed by atoms with Gasteiger partial charge in [-0.05, 0) is 12.1 Å². The maximum Gasteiger partial charge on any atom is 0.264 e. The van der Waals surface area contributed by atoms with Crippen molar-refractivity contribution in [3.63, 3.8) is 0 Å². The van der Waals surface area contributed by atoms with Gasteiger partial charge < -0.3 is 10.6 Å². The number of carbonyl (C=O) groups excluding carboxylic acids is 1. The van der Waals surface area contributed by atoms with Crippen LogP contribution in [0, 0.1) is 0 Å². The summed E-state index contributed by atoms with van der Waals surface area (Å²) in [4.78, 5) is 12.2. The molecule has 0 aliphatic rings. The number of anilines is 1. The van der Waals surface area contributed by atoms with Crippen molar-refractivity contribution in [3.8, 4) is 5.75 Å². The number of benzene rings is 2. The van der Waals surface area contributed by atoms with Crippen LogP contribution in [-0.4, -0.2) is 39.7 Å². The van der Waals surface area contributed by atoms with Crippen molar-refractivity contribution in [3.05, 3.63) is 65.7 Å². The molecule has 0 bridgehead atoms. The van der Waals surface area contributed by atoms with E-state index in [-0.39, 0.29) is 17.5 Å². The maximum absolute atomic E-state index is 12.2. The van der Waals surface area contributed by atoms with Crippen molar-refractivity contribution < 1.29 is 9.53 Å². The van der Waals surface area contributed by atoms with Gasteiger partial charge in [-0.3, -0.25) is 4.79 Å². The van der Waals surface area contributed by atoms with Crippen molar-refractivity contribution in [2.24, 2.45) is 5.10 Å². The topological polar surface area (TPSA) is 107 Å². The molecule has 0 spiro atoms. The lowest BCUT2D eigenvalue weighted by atomic mass is 10.2. The van der Waals surface area contributed by atoms with Gasteiger partial charge in [-0.15, -0.1) is 10.2 Å². The second-order valence-corrected chi connectivity index (χ2v) is 6.31. The van der Waals surface area contributed by atoms with Gasteiger partial charge in [-0.1, -0.05) is 54.2 Å². The first-order valence-corrected chi connectivity index (χ1v) is 9.01. The van der Waals surface area contributed by atoms with E-state index in [1.165, 1.54) is 16.4 Å². The molecule has 9 heteroatoms. The minimum Gasteiger partial charge on any atom is -0.496 e. The van der Waals surface area contributed by atoms with Crippen LogP contribution in [0.1, 0.15) is 15.9 Å². The molecule has 0 radical (unpaired) electrons. The molecule has 27 heavy (non-hydrogen) atoms. The Morgan fingerprint density at radius 3 is 2.74 bits per heavy atom. The summed E-state index contributed by atoms with van der Waals surface area (Å²) in [6.45, 7) is 0. The SMILES string of the molecule is COc1ccccc1/C=N/Nc1nnc(SCC(=O)c2ccccc2)n1N. The zero-order valence-electron chi connectivity index (χ0n) is 14.6. The smallest absolute Gasteiger partial charge is 0.264 e. The number of hydrogen-bond donors (Lipinski definition) is 2. The van der Waals surface area contributed by atoms with Gasteiger partial charge in [0.15, 0.2) is 5.78 Å². The Balaban J connectivity index is 1.60.